The molecule has 1 aliphatic heterocycles. The van der Waals surface area contributed by atoms with E-state index in [-0.39, 0.29) is 18.6 Å². The Labute approximate surface area is 223 Å². The van der Waals surface area contributed by atoms with Gasteiger partial charge in [-0.05, 0) is 61.4 Å². The van der Waals surface area contributed by atoms with E-state index in [9.17, 15) is 4.79 Å². The number of aliphatic hydroxyl groups excluding tert-OH is 1. The van der Waals surface area contributed by atoms with Crippen LogP contribution < -0.4 is 20.3 Å². The fraction of sp³-hybridized carbons (Fsp3) is 0.333. The molecule has 200 valence electrons. The van der Waals surface area contributed by atoms with Crippen LogP contribution in [0.2, 0.25) is 0 Å². The van der Waals surface area contributed by atoms with Crippen LogP contribution in [0.3, 0.4) is 0 Å². The van der Waals surface area contributed by atoms with E-state index in [1.807, 2.05) is 92.7 Å². The average molecular weight is 518 g/mol. The number of hydrogen-bond acceptors (Lipinski definition) is 7. The second-order valence-corrected chi connectivity index (χ2v) is 9.48. The summed E-state index contributed by atoms with van der Waals surface area (Å²) in [5, 5.41) is 8.99. The van der Waals surface area contributed by atoms with Crippen molar-refractivity contribution < 1.29 is 24.1 Å². The van der Waals surface area contributed by atoms with Crippen molar-refractivity contribution >= 4 is 11.8 Å². The van der Waals surface area contributed by atoms with Crippen molar-refractivity contribution in [3.63, 3.8) is 0 Å². The number of hydrazine groups is 1. The van der Waals surface area contributed by atoms with Crippen LogP contribution in [0.1, 0.15) is 43.1 Å². The maximum absolute atomic E-state index is 14.0. The Kier molecular flexibility index (Phi) is 8.99. The average Bonchev–Trinajstić information content (AvgIpc) is 3.33. The normalized spacial score (nSPS) is 18.6. The third-order valence-electron chi connectivity index (χ3n) is 6.22. The molecule has 1 amide bonds. The number of benzene rings is 3. The van der Waals surface area contributed by atoms with Crippen molar-refractivity contribution in [1.29, 1.82) is 0 Å². The summed E-state index contributed by atoms with van der Waals surface area (Å²) in [4.78, 5) is 19.0. The van der Waals surface area contributed by atoms with E-state index < -0.39 is 11.6 Å². The number of rotatable bonds is 12. The topological polar surface area (TPSA) is 101 Å². The van der Waals surface area contributed by atoms with E-state index in [1.165, 1.54) is 0 Å². The standard InChI is InChI=1S/C30H35N3O5/c1-21(2)32-33-29(35)30(20-22-9-5-4-6-10-22)27(24-11-7-12-26(19-24)36-3)38-28(31-30)23-13-15-25(16-14-23)37-18-8-17-34/h4-7,9-16,19,21,27,32,34H,8,17-18,20H2,1-3H3,(H,33,35)/t27-,30-/m0/s1. The first-order valence-electron chi connectivity index (χ1n) is 12.8. The minimum Gasteiger partial charge on any atom is -0.497 e. The highest BCUT2D eigenvalue weighted by atomic mass is 16.5. The fourth-order valence-electron chi connectivity index (χ4n) is 4.31. The maximum atomic E-state index is 14.0. The molecule has 3 N–H and O–H groups in total. The van der Waals surface area contributed by atoms with Gasteiger partial charge in [-0.1, -0.05) is 42.5 Å². The van der Waals surface area contributed by atoms with Gasteiger partial charge in [-0.25, -0.2) is 10.4 Å². The van der Waals surface area contributed by atoms with Crippen LogP contribution in [-0.4, -0.2) is 48.8 Å². The van der Waals surface area contributed by atoms with E-state index in [0.717, 1.165) is 16.7 Å². The Hall–Kier alpha value is -3.88. The van der Waals surface area contributed by atoms with Crippen molar-refractivity contribution in [3.8, 4) is 11.5 Å². The quantitative estimate of drug-likeness (QED) is 0.248. The molecule has 1 heterocycles. The van der Waals surface area contributed by atoms with Crippen LogP contribution >= 0.6 is 0 Å². The molecule has 38 heavy (non-hydrogen) atoms. The predicted octanol–water partition coefficient (Wildman–Crippen LogP) is 3.99. The van der Waals surface area contributed by atoms with Crippen LogP contribution in [0.15, 0.2) is 83.9 Å². The molecule has 0 radical (unpaired) electrons. The van der Waals surface area contributed by atoms with Gasteiger partial charge < -0.3 is 19.3 Å². The summed E-state index contributed by atoms with van der Waals surface area (Å²) < 4.78 is 17.7. The Morgan fingerprint density at radius 3 is 2.50 bits per heavy atom. The van der Waals surface area contributed by atoms with E-state index in [2.05, 4.69) is 10.9 Å². The number of aliphatic hydroxyl groups is 1. The van der Waals surface area contributed by atoms with Crippen LogP contribution in [0.4, 0.5) is 0 Å². The van der Waals surface area contributed by atoms with Gasteiger partial charge >= 0.3 is 0 Å². The molecule has 3 aromatic carbocycles. The fourth-order valence-corrected chi connectivity index (χ4v) is 4.31. The first-order valence-corrected chi connectivity index (χ1v) is 12.8. The third kappa shape index (κ3) is 6.33. The molecule has 0 bridgehead atoms. The number of ether oxygens (including phenoxy) is 3. The SMILES string of the molecule is COc1cccc([C@@H]2OC(c3ccc(OCCCO)cc3)=N[C@]2(Cc2ccccc2)C(=O)NNC(C)C)c1. The largest absolute Gasteiger partial charge is 0.497 e. The molecule has 3 aromatic rings. The molecule has 0 spiro atoms. The number of hydrogen-bond donors (Lipinski definition) is 3. The zero-order valence-electron chi connectivity index (χ0n) is 22.0. The monoisotopic (exact) mass is 517 g/mol. The zero-order chi connectivity index (χ0) is 27.0. The Bertz CT molecular complexity index is 1230. The second-order valence-electron chi connectivity index (χ2n) is 9.48. The minimum atomic E-state index is -1.29. The van der Waals surface area contributed by atoms with Crippen molar-refractivity contribution in [2.24, 2.45) is 4.99 Å². The minimum absolute atomic E-state index is 0.0344. The van der Waals surface area contributed by atoms with E-state index in [0.29, 0.717) is 36.8 Å². The summed E-state index contributed by atoms with van der Waals surface area (Å²) in [6, 6.07) is 24.8. The number of methoxy groups -OCH3 is 1. The smallest absolute Gasteiger partial charge is 0.266 e. The number of nitrogens with one attached hydrogen (secondary N) is 2. The van der Waals surface area contributed by atoms with Crippen LogP contribution in [0, 0.1) is 0 Å². The summed E-state index contributed by atoms with van der Waals surface area (Å²) >= 11 is 0. The highest BCUT2D eigenvalue weighted by molar-refractivity contribution is 6.01. The van der Waals surface area contributed by atoms with Gasteiger partial charge in [0.25, 0.3) is 5.91 Å². The first kappa shape index (κ1) is 27.2. The molecule has 0 unspecified atom stereocenters. The van der Waals surface area contributed by atoms with Crippen molar-refractivity contribution in [2.45, 2.75) is 44.4 Å². The van der Waals surface area contributed by atoms with Crippen LogP contribution in [-0.2, 0) is 16.0 Å². The van der Waals surface area contributed by atoms with Crippen molar-refractivity contribution in [1.82, 2.24) is 10.9 Å². The lowest BCUT2D eigenvalue weighted by Gasteiger charge is -2.31. The van der Waals surface area contributed by atoms with Gasteiger partial charge in [0, 0.05) is 31.1 Å². The van der Waals surface area contributed by atoms with E-state index in [4.69, 9.17) is 24.3 Å². The molecular formula is C30H35N3O5. The molecule has 2 atom stereocenters. The Morgan fingerprint density at radius 1 is 1.05 bits per heavy atom. The van der Waals surface area contributed by atoms with Gasteiger partial charge in [-0.2, -0.15) is 0 Å². The van der Waals surface area contributed by atoms with Gasteiger partial charge in [0.15, 0.2) is 11.6 Å². The zero-order valence-corrected chi connectivity index (χ0v) is 22.0. The Balaban J connectivity index is 1.77. The summed E-state index contributed by atoms with van der Waals surface area (Å²) in [6.45, 7) is 4.40. The maximum Gasteiger partial charge on any atom is 0.266 e. The molecule has 4 rings (SSSR count). The molecule has 0 fully saturated rings. The number of carbonyl (C=O) groups excluding carboxylic acids is 1. The lowest BCUT2D eigenvalue weighted by molar-refractivity contribution is -0.130. The molecular weight excluding hydrogens is 482 g/mol. The predicted molar refractivity (Wildman–Crippen MR) is 146 cm³/mol. The first-order chi connectivity index (χ1) is 18.4. The summed E-state index contributed by atoms with van der Waals surface area (Å²) in [5.74, 6) is 1.43. The second kappa shape index (κ2) is 12.6. The summed E-state index contributed by atoms with van der Waals surface area (Å²) in [6.07, 6.45) is 0.177. The van der Waals surface area contributed by atoms with Gasteiger partial charge in [0.2, 0.25) is 5.90 Å². The third-order valence-corrected chi connectivity index (χ3v) is 6.22. The van der Waals surface area contributed by atoms with Crippen molar-refractivity contribution in [3.05, 3.63) is 95.6 Å². The van der Waals surface area contributed by atoms with E-state index >= 15 is 0 Å². The van der Waals surface area contributed by atoms with Gasteiger partial charge in [0.05, 0.1) is 13.7 Å². The number of aliphatic imine (C=N–C) groups is 1. The molecule has 8 heteroatoms. The molecule has 0 aliphatic carbocycles. The van der Waals surface area contributed by atoms with Crippen LogP contribution in [0.25, 0.3) is 0 Å². The molecule has 0 aromatic heterocycles. The molecule has 8 nitrogen and oxygen atoms in total. The number of nitrogens with zero attached hydrogens (tertiary/aromatic N) is 1. The number of amides is 1. The lowest BCUT2D eigenvalue weighted by atomic mass is 9.82. The van der Waals surface area contributed by atoms with Crippen molar-refractivity contribution in [2.75, 3.05) is 20.3 Å². The van der Waals surface area contributed by atoms with Gasteiger partial charge in [-0.15, -0.1) is 0 Å². The number of carbonyl (C=O) groups is 1. The van der Waals surface area contributed by atoms with Gasteiger partial charge in [0.1, 0.15) is 11.5 Å². The summed E-state index contributed by atoms with van der Waals surface area (Å²) in [7, 11) is 1.61. The summed E-state index contributed by atoms with van der Waals surface area (Å²) in [5.41, 5.74) is 7.08. The highest BCUT2D eigenvalue weighted by Gasteiger charge is 2.53. The Morgan fingerprint density at radius 2 is 1.82 bits per heavy atom. The highest BCUT2D eigenvalue weighted by Crippen LogP contribution is 2.43. The lowest BCUT2D eigenvalue weighted by Crippen LogP contribution is -2.55. The molecule has 0 saturated heterocycles. The molecule has 1 aliphatic rings. The van der Waals surface area contributed by atoms with Gasteiger partial charge in [-0.3, -0.25) is 10.2 Å². The molecule has 0 saturated carbocycles. The van der Waals surface area contributed by atoms with Crippen LogP contribution in [0.5, 0.6) is 11.5 Å². The van der Waals surface area contributed by atoms with E-state index in [1.54, 1.807) is 7.11 Å².